The molecule has 2 aromatic carbocycles. The minimum atomic E-state index is -4.55. The Kier molecular flexibility index (Phi) is 7.35. The highest BCUT2D eigenvalue weighted by Gasteiger charge is 2.30. The maximum absolute atomic E-state index is 12.7. The van der Waals surface area contributed by atoms with Crippen LogP contribution >= 0.6 is 0 Å². The van der Waals surface area contributed by atoms with Gasteiger partial charge in [0, 0.05) is 12.0 Å². The van der Waals surface area contributed by atoms with Gasteiger partial charge in [-0.25, -0.2) is 8.42 Å². The molecule has 0 radical (unpaired) electrons. The summed E-state index contributed by atoms with van der Waals surface area (Å²) in [6.07, 6.45) is 0.776. The number of rotatable bonds is 7. The molecule has 6 nitrogen and oxygen atoms in total. The van der Waals surface area contributed by atoms with E-state index in [2.05, 4.69) is 9.71 Å². The third-order valence-corrected chi connectivity index (χ3v) is 7.89. The van der Waals surface area contributed by atoms with Gasteiger partial charge in [-0.2, -0.15) is 13.2 Å². The Morgan fingerprint density at radius 2 is 1.58 bits per heavy atom. The summed E-state index contributed by atoms with van der Waals surface area (Å²) in [5.41, 5.74) is 1.96. The van der Waals surface area contributed by atoms with Crippen LogP contribution in [0.4, 0.5) is 18.9 Å². The number of anilines is 1. The van der Waals surface area contributed by atoms with E-state index >= 15 is 0 Å². The second kappa shape index (κ2) is 10.3. The van der Waals surface area contributed by atoms with Crippen LogP contribution in [0.2, 0.25) is 0 Å². The van der Waals surface area contributed by atoms with Crippen LogP contribution < -0.4 is 4.72 Å². The van der Waals surface area contributed by atoms with Crippen molar-refractivity contribution in [1.29, 1.82) is 0 Å². The average molecular weight is 519 g/mol. The standard InChI is InChI=1S/C26H25F3N2O4S/c27-26(28,29)21-9-12-23(13-10-21)36(34,35)31-22-11-14-24(30-16-22)20-7-5-19(6-8-20)18-3-1-17(2-4-18)15-25(32)33/h5-14,16-18,31H,1-4,15H2,(H,32,33)/t17-,18+. The lowest BCUT2D eigenvalue weighted by atomic mass is 9.77. The number of hydrogen-bond acceptors (Lipinski definition) is 4. The van der Waals surface area contributed by atoms with Gasteiger partial charge in [-0.05, 0) is 79.5 Å². The Morgan fingerprint density at radius 1 is 0.944 bits per heavy atom. The van der Waals surface area contributed by atoms with Gasteiger partial charge in [0.25, 0.3) is 10.0 Å². The van der Waals surface area contributed by atoms with E-state index in [1.807, 2.05) is 24.3 Å². The number of halogens is 3. The molecule has 0 unspecified atom stereocenters. The molecule has 1 aromatic heterocycles. The fourth-order valence-corrected chi connectivity index (χ4v) is 5.58. The molecule has 1 saturated carbocycles. The largest absolute Gasteiger partial charge is 0.481 e. The van der Waals surface area contributed by atoms with Gasteiger partial charge in [0.2, 0.25) is 0 Å². The first-order valence-corrected chi connectivity index (χ1v) is 13.0. The molecule has 0 saturated heterocycles. The molecule has 3 aromatic rings. The Labute approximate surface area is 207 Å². The highest BCUT2D eigenvalue weighted by molar-refractivity contribution is 7.92. The zero-order chi connectivity index (χ0) is 25.9. The number of aromatic nitrogens is 1. The molecule has 0 atom stereocenters. The molecule has 1 aliphatic rings. The lowest BCUT2D eigenvalue weighted by Gasteiger charge is -2.28. The second-order valence-electron chi connectivity index (χ2n) is 9.00. The maximum Gasteiger partial charge on any atom is 0.416 e. The third kappa shape index (κ3) is 6.23. The molecule has 0 amide bonds. The number of carboxylic acid groups (broad SMARTS) is 1. The van der Waals surface area contributed by atoms with Gasteiger partial charge in [-0.15, -0.1) is 0 Å². The average Bonchev–Trinajstić information content (AvgIpc) is 2.84. The number of carbonyl (C=O) groups is 1. The van der Waals surface area contributed by atoms with Gasteiger partial charge in [0.05, 0.1) is 28.0 Å². The Hall–Kier alpha value is -3.40. The minimum Gasteiger partial charge on any atom is -0.481 e. The highest BCUT2D eigenvalue weighted by atomic mass is 32.2. The fraction of sp³-hybridized carbons (Fsp3) is 0.308. The zero-order valence-electron chi connectivity index (χ0n) is 19.2. The van der Waals surface area contributed by atoms with Crippen LogP contribution in [0, 0.1) is 5.92 Å². The number of aliphatic carboxylic acids is 1. The van der Waals surface area contributed by atoms with Gasteiger partial charge in [-0.1, -0.05) is 24.3 Å². The van der Waals surface area contributed by atoms with E-state index in [1.165, 1.54) is 11.8 Å². The molecule has 10 heteroatoms. The van der Waals surface area contributed by atoms with Crippen LogP contribution in [0.1, 0.15) is 49.1 Å². The minimum absolute atomic E-state index is 0.188. The van der Waals surface area contributed by atoms with Crippen molar-refractivity contribution in [2.24, 2.45) is 5.92 Å². The first-order valence-electron chi connectivity index (χ1n) is 11.5. The number of pyridine rings is 1. The van der Waals surface area contributed by atoms with Crippen LogP contribution in [0.3, 0.4) is 0 Å². The number of benzene rings is 2. The summed E-state index contributed by atoms with van der Waals surface area (Å²) in [7, 11) is -4.07. The van der Waals surface area contributed by atoms with E-state index in [0.717, 1.165) is 55.5 Å². The maximum atomic E-state index is 12.7. The van der Waals surface area contributed by atoms with Crippen LogP contribution in [-0.2, 0) is 21.0 Å². The number of alkyl halides is 3. The van der Waals surface area contributed by atoms with Crippen molar-refractivity contribution in [3.05, 3.63) is 78.0 Å². The number of carboxylic acids is 1. The highest BCUT2D eigenvalue weighted by Crippen LogP contribution is 2.37. The smallest absolute Gasteiger partial charge is 0.416 e. The molecule has 0 bridgehead atoms. The topological polar surface area (TPSA) is 96.4 Å². The van der Waals surface area contributed by atoms with E-state index < -0.39 is 27.7 Å². The van der Waals surface area contributed by atoms with Crippen LogP contribution in [0.25, 0.3) is 11.3 Å². The summed E-state index contributed by atoms with van der Waals surface area (Å²) in [4.78, 5) is 14.9. The van der Waals surface area contributed by atoms with Crippen molar-refractivity contribution < 1.29 is 31.5 Å². The van der Waals surface area contributed by atoms with E-state index in [0.29, 0.717) is 11.6 Å². The van der Waals surface area contributed by atoms with Crippen molar-refractivity contribution in [3.63, 3.8) is 0 Å². The number of hydrogen-bond donors (Lipinski definition) is 2. The quantitative estimate of drug-likeness (QED) is 0.382. The normalized spacial score (nSPS) is 18.5. The van der Waals surface area contributed by atoms with Crippen molar-refractivity contribution in [2.45, 2.75) is 49.1 Å². The summed E-state index contributed by atoms with van der Waals surface area (Å²) >= 11 is 0. The lowest BCUT2D eigenvalue weighted by Crippen LogP contribution is -2.16. The molecule has 0 spiro atoms. The van der Waals surface area contributed by atoms with E-state index in [1.54, 1.807) is 12.1 Å². The summed E-state index contributed by atoms with van der Waals surface area (Å²) in [6.45, 7) is 0. The number of sulfonamides is 1. The molecule has 36 heavy (non-hydrogen) atoms. The van der Waals surface area contributed by atoms with Crippen LogP contribution in [-0.4, -0.2) is 24.5 Å². The van der Waals surface area contributed by atoms with Crippen LogP contribution in [0.15, 0.2) is 71.8 Å². The monoisotopic (exact) mass is 518 g/mol. The summed E-state index contributed by atoms with van der Waals surface area (Å²) in [6, 6.07) is 14.5. The van der Waals surface area contributed by atoms with E-state index in [9.17, 15) is 26.4 Å². The molecule has 1 aliphatic carbocycles. The summed E-state index contributed by atoms with van der Waals surface area (Å²) in [5, 5.41) is 8.97. The Balaban J connectivity index is 1.39. The molecular formula is C26H25F3N2O4S. The van der Waals surface area contributed by atoms with Gasteiger partial charge in [0.1, 0.15) is 0 Å². The van der Waals surface area contributed by atoms with E-state index in [4.69, 9.17) is 5.11 Å². The summed E-state index contributed by atoms with van der Waals surface area (Å²) in [5.74, 6) is -0.0924. The van der Waals surface area contributed by atoms with Gasteiger partial charge in [-0.3, -0.25) is 14.5 Å². The van der Waals surface area contributed by atoms with Crippen molar-refractivity contribution >= 4 is 21.7 Å². The lowest BCUT2D eigenvalue weighted by molar-refractivity contribution is -0.139. The molecule has 0 aliphatic heterocycles. The van der Waals surface area contributed by atoms with Gasteiger partial charge in [0.15, 0.2) is 0 Å². The summed E-state index contributed by atoms with van der Waals surface area (Å²) < 4.78 is 65.5. The SMILES string of the molecule is O=C(O)C[C@H]1CC[C@@H](c2ccc(-c3ccc(NS(=O)(=O)c4ccc(C(F)(F)F)cc4)cn3)cc2)CC1. The Bertz CT molecular complexity index is 1300. The Morgan fingerprint density at radius 3 is 2.11 bits per heavy atom. The van der Waals surface area contributed by atoms with Crippen molar-refractivity contribution in [3.8, 4) is 11.3 Å². The molecule has 2 N–H and O–H groups in total. The molecule has 4 rings (SSSR count). The first-order chi connectivity index (χ1) is 17.0. The zero-order valence-corrected chi connectivity index (χ0v) is 20.0. The predicted molar refractivity (Wildman–Crippen MR) is 129 cm³/mol. The number of nitrogens with one attached hydrogen (secondary N) is 1. The third-order valence-electron chi connectivity index (χ3n) is 6.50. The van der Waals surface area contributed by atoms with Crippen molar-refractivity contribution in [1.82, 2.24) is 4.98 Å². The molecule has 190 valence electrons. The van der Waals surface area contributed by atoms with Crippen LogP contribution in [0.5, 0.6) is 0 Å². The van der Waals surface area contributed by atoms with Gasteiger partial charge < -0.3 is 5.11 Å². The predicted octanol–water partition coefficient (Wildman–Crippen LogP) is 6.32. The fourth-order valence-electron chi connectivity index (χ4n) is 4.54. The molecular weight excluding hydrogens is 493 g/mol. The van der Waals surface area contributed by atoms with Crippen molar-refractivity contribution in [2.75, 3.05) is 4.72 Å². The second-order valence-corrected chi connectivity index (χ2v) is 10.7. The molecule has 1 fully saturated rings. The molecule has 1 heterocycles. The first kappa shape index (κ1) is 25.7. The van der Waals surface area contributed by atoms with Gasteiger partial charge >= 0.3 is 12.1 Å². The number of nitrogens with zero attached hydrogens (tertiary/aromatic N) is 1. The van der Waals surface area contributed by atoms with E-state index in [-0.39, 0.29) is 22.9 Å².